The quantitative estimate of drug-likeness (QED) is 0.0217. The van der Waals surface area contributed by atoms with Crippen LogP contribution in [0.25, 0.3) is 0 Å². The minimum atomic E-state index is -1.45. The molecule has 0 aromatic carbocycles. The maximum Gasteiger partial charge on any atom is 0.326 e. The van der Waals surface area contributed by atoms with E-state index in [2.05, 4.69) is 97.0 Å². The smallest absolute Gasteiger partial charge is 0.326 e. The summed E-state index contributed by atoms with van der Waals surface area (Å²) in [4.78, 5) is 153. The second-order valence-electron chi connectivity index (χ2n) is 18.7. The van der Waals surface area contributed by atoms with Gasteiger partial charge in [-0.2, -0.15) is 0 Å². The van der Waals surface area contributed by atoms with Crippen molar-refractivity contribution in [1.29, 1.82) is 0 Å². The standard InChI is InChI=1S/C48H66N20O9/c1-5-25(3)39(47(75)68-40(48(76)77)26(4)6-2)67-46(74)38(12-32-18-55-24-61-32)66-45(73)37(11-31-17-54-23-60-31)65-44(72)36(10-30-16-53-22-59-30)64-43(71)35(9-29-15-52-21-58-29)63-42(70)34(8-28-14-51-20-57-28)62-41(69)33(49)7-27-13-50-19-56-27/h13-26,33-40H,5-12,49H2,1-4H3,(H,50,56)(H,51,57)(H,52,58)(H,53,59)(H,54,60)(H,55,61)(H,62,69)(H,63,70)(H,64,71)(H,65,72)(H,66,73)(H,67,74)(H,68,75)(H,76,77)/t25-,26-,33-,34-,35-,36-,37-,38-,39-,40-/m0/s1. The van der Waals surface area contributed by atoms with Gasteiger partial charge in [-0.3, -0.25) is 33.6 Å². The second-order valence-corrected chi connectivity index (χ2v) is 18.7. The average molecular weight is 1070 g/mol. The third-order valence-corrected chi connectivity index (χ3v) is 13.0. The van der Waals surface area contributed by atoms with Crippen LogP contribution >= 0.6 is 0 Å². The lowest BCUT2D eigenvalue weighted by molar-refractivity contribution is -0.144. The lowest BCUT2D eigenvalue weighted by atomic mass is 9.95. The lowest BCUT2D eigenvalue weighted by Crippen LogP contribution is -2.62. The highest BCUT2D eigenvalue weighted by atomic mass is 16.4. The number of aromatic amines is 6. The van der Waals surface area contributed by atoms with Gasteiger partial charge in [0.05, 0.1) is 44.0 Å². The highest BCUT2D eigenvalue weighted by molar-refractivity contribution is 5.98. The number of H-pyrrole nitrogens is 6. The average Bonchev–Trinajstić information content (AvgIpc) is 4.27. The summed E-state index contributed by atoms with van der Waals surface area (Å²) in [5.41, 5.74) is 8.94. The first kappa shape index (κ1) is 57.3. The molecule has 0 saturated heterocycles. The van der Waals surface area contributed by atoms with Gasteiger partial charge >= 0.3 is 5.97 Å². The van der Waals surface area contributed by atoms with Crippen LogP contribution < -0.4 is 43.0 Å². The summed E-state index contributed by atoms with van der Waals surface area (Å²) >= 11 is 0. The fourth-order valence-electron chi connectivity index (χ4n) is 8.10. The first-order valence-corrected chi connectivity index (χ1v) is 25.0. The molecule has 6 aromatic heterocycles. The van der Waals surface area contributed by atoms with E-state index in [0.29, 0.717) is 47.0 Å². The van der Waals surface area contributed by atoms with Crippen LogP contribution in [0.2, 0.25) is 0 Å². The highest BCUT2D eigenvalue weighted by Crippen LogP contribution is 2.14. The number of carbonyl (C=O) groups is 8. The monoisotopic (exact) mass is 1070 g/mol. The number of amides is 7. The first-order chi connectivity index (χ1) is 37.0. The zero-order chi connectivity index (χ0) is 55.4. The van der Waals surface area contributed by atoms with Crippen LogP contribution in [0.4, 0.5) is 0 Å². The number of rotatable bonds is 31. The SMILES string of the molecule is CC[C@H](C)[C@H](NC(=O)[C@@H](NC(=O)[C@H](Cc1cnc[nH]1)NC(=O)[C@H](Cc1cnc[nH]1)NC(=O)[C@H](Cc1cnc[nH]1)NC(=O)[C@H](Cc1cnc[nH]1)NC(=O)[C@H](Cc1cnc[nH]1)NC(=O)[C@@H](N)Cc1cnc[nH]1)[C@@H](C)CC)C(=O)O. The number of nitrogens with zero attached hydrogens (tertiary/aromatic N) is 6. The summed E-state index contributed by atoms with van der Waals surface area (Å²) in [6, 6.07) is -10.5. The predicted molar refractivity (Wildman–Crippen MR) is 272 cm³/mol. The largest absolute Gasteiger partial charge is 0.480 e. The Morgan fingerprint density at radius 3 is 0.909 bits per heavy atom. The van der Waals surface area contributed by atoms with Crippen molar-refractivity contribution in [3.8, 4) is 0 Å². The van der Waals surface area contributed by atoms with Crippen LogP contribution in [0.5, 0.6) is 0 Å². The van der Waals surface area contributed by atoms with Gasteiger partial charge in [-0.15, -0.1) is 0 Å². The summed E-state index contributed by atoms with van der Waals surface area (Å²) < 4.78 is 0. The molecule has 0 fully saturated rings. The van der Waals surface area contributed by atoms with Gasteiger partial charge in [-0.05, 0) is 11.8 Å². The van der Waals surface area contributed by atoms with Crippen molar-refractivity contribution in [2.24, 2.45) is 17.6 Å². The molecule has 29 heteroatoms. The van der Waals surface area contributed by atoms with Crippen molar-refractivity contribution >= 4 is 47.3 Å². The van der Waals surface area contributed by atoms with Gasteiger partial charge in [0.25, 0.3) is 0 Å². The molecule has 0 unspecified atom stereocenters. The number of nitrogens with two attached hydrogens (primary N) is 1. The van der Waals surface area contributed by atoms with Crippen molar-refractivity contribution in [2.45, 2.75) is 127 Å². The molecule has 6 aromatic rings. The molecule has 0 aliphatic heterocycles. The molecule has 7 amide bonds. The number of hydrogen-bond donors (Lipinski definition) is 15. The van der Waals surface area contributed by atoms with E-state index in [9.17, 15) is 43.5 Å². The van der Waals surface area contributed by atoms with Crippen molar-refractivity contribution in [1.82, 2.24) is 97.0 Å². The zero-order valence-corrected chi connectivity index (χ0v) is 42.8. The molecule has 0 radical (unpaired) electrons. The minimum absolute atomic E-state index is 0.0793. The van der Waals surface area contributed by atoms with Crippen LogP contribution in [-0.4, -0.2) is 161 Å². The van der Waals surface area contributed by atoms with E-state index in [0.717, 1.165) is 0 Å². The summed E-state index contributed by atoms with van der Waals surface area (Å²) in [6.45, 7) is 7.00. The van der Waals surface area contributed by atoms with Gasteiger partial charge in [-0.25, -0.2) is 34.7 Å². The molecule has 16 N–H and O–H groups in total. The first-order valence-electron chi connectivity index (χ1n) is 25.0. The Hall–Kier alpha value is -9.02. The van der Waals surface area contributed by atoms with Crippen LogP contribution in [0.3, 0.4) is 0 Å². The third kappa shape index (κ3) is 17.0. The fraction of sp³-hybridized carbons (Fsp3) is 0.458. The van der Waals surface area contributed by atoms with Crippen LogP contribution in [0.15, 0.2) is 75.1 Å². The van der Waals surface area contributed by atoms with E-state index >= 15 is 0 Å². The number of carboxylic acids is 1. The lowest BCUT2D eigenvalue weighted by Gasteiger charge is -2.29. The molecular weight excluding hydrogens is 1000 g/mol. The molecule has 10 atom stereocenters. The zero-order valence-electron chi connectivity index (χ0n) is 42.8. The van der Waals surface area contributed by atoms with E-state index < -0.39 is 107 Å². The maximum atomic E-state index is 14.7. The van der Waals surface area contributed by atoms with Gasteiger partial charge in [0, 0.05) is 110 Å². The normalized spacial score (nSPS) is 15.2. The number of hydrogen-bond acceptors (Lipinski definition) is 15. The number of aliphatic carboxylic acids is 1. The van der Waals surface area contributed by atoms with E-state index in [-0.39, 0.29) is 38.5 Å². The van der Waals surface area contributed by atoms with Gasteiger partial charge in [0.1, 0.15) is 42.3 Å². The number of imidazole rings is 6. The third-order valence-electron chi connectivity index (χ3n) is 13.0. The number of carbonyl (C=O) groups excluding carboxylic acids is 7. The summed E-state index contributed by atoms with van der Waals surface area (Å²) in [5.74, 6) is -7.70. The Balaban J connectivity index is 1.24. The molecule has 29 nitrogen and oxygen atoms in total. The Kier molecular flexibility index (Phi) is 20.9. The second kappa shape index (κ2) is 28.0. The number of carboxylic acid groups (broad SMARTS) is 1. The molecule has 6 heterocycles. The summed E-state index contributed by atoms with van der Waals surface area (Å²) in [5, 5.41) is 28.8. The maximum absolute atomic E-state index is 14.7. The van der Waals surface area contributed by atoms with Crippen molar-refractivity contribution < 1.29 is 43.5 Å². The number of aromatic nitrogens is 12. The summed E-state index contributed by atoms with van der Waals surface area (Å²) in [6.07, 6.45) is 17.2. The van der Waals surface area contributed by atoms with E-state index in [1.54, 1.807) is 27.7 Å². The van der Waals surface area contributed by atoms with Crippen molar-refractivity contribution in [3.05, 3.63) is 109 Å². The molecule has 77 heavy (non-hydrogen) atoms. The molecule has 0 aliphatic carbocycles. The Morgan fingerprint density at radius 2 is 0.649 bits per heavy atom. The Morgan fingerprint density at radius 1 is 0.403 bits per heavy atom. The van der Waals surface area contributed by atoms with E-state index in [1.807, 2.05) is 0 Å². The Labute approximate surface area is 441 Å². The van der Waals surface area contributed by atoms with Crippen LogP contribution in [-0.2, 0) is 76.9 Å². The molecule has 0 spiro atoms. The molecule has 412 valence electrons. The van der Waals surface area contributed by atoms with Gasteiger partial charge in [0.2, 0.25) is 41.4 Å². The molecule has 0 saturated carbocycles. The molecule has 6 rings (SSSR count). The van der Waals surface area contributed by atoms with Crippen molar-refractivity contribution in [3.63, 3.8) is 0 Å². The molecular formula is C48H66N20O9. The van der Waals surface area contributed by atoms with Crippen LogP contribution in [0, 0.1) is 11.8 Å². The van der Waals surface area contributed by atoms with Crippen molar-refractivity contribution in [2.75, 3.05) is 0 Å². The fourth-order valence-corrected chi connectivity index (χ4v) is 8.10. The number of nitrogens with one attached hydrogen (secondary N) is 13. The minimum Gasteiger partial charge on any atom is -0.480 e. The molecule has 0 aliphatic rings. The van der Waals surface area contributed by atoms with E-state index in [4.69, 9.17) is 5.73 Å². The summed E-state index contributed by atoms with van der Waals surface area (Å²) in [7, 11) is 0. The topological polar surface area (TPSA) is 439 Å². The predicted octanol–water partition coefficient (Wildman–Crippen LogP) is -2.32. The van der Waals surface area contributed by atoms with Gasteiger partial charge < -0.3 is 78.0 Å². The highest BCUT2D eigenvalue weighted by Gasteiger charge is 2.37. The van der Waals surface area contributed by atoms with Gasteiger partial charge in [0.15, 0.2) is 0 Å². The van der Waals surface area contributed by atoms with E-state index in [1.165, 1.54) is 75.1 Å². The van der Waals surface area contributed by atoms with Gasteiger partial charge in [-0.1, -0.05) is 40.5 Å². The van der Waals surface area contributed by atoms with Crippen LogP contribution in [0.1, 0.15) is 74.7 Å². The Bertz CT molecular complexity index is 2780. The molecule has 0 bridgehead atoms.